The molecule has 0 bridgehead atoms. The number of amides is 2. The average molecular weight is 424 g/mol. The van der Waals surface area contributed by atoms with Crippen LogP contribution in [0.1, 0.15) is 31.1 Å². The molecule has 4 rings (SSSR count). The van der Waals surface area contributed by atoms with E-state index in [0.29, 0.717) is 6.54 Å². The molecule has 1 atom stereocenters. The summed E-state index contributed by atoms with van der Waals surface area (Å²) in [5, 5.41) is 3.08. The predicted octanol–water partition coefficient (Wildman–Crippen LogP) is 5.98. The maximum Gasteiger partial charge on any atom is 0.322 e. The van der Waals surface area contributed by atoms with Crippen molar-refractivity contribution in [1.82, 2.24) is 9.47 Å². The quantitative estimate of drug-likeness (QED) is 0.540. The van der Waals surface area contributed by atoms with Gasteiger partial charge in [0.2, 0.25) is 0 Å². The van der Waals surface area contributed by atoms with Crippen LogP contribution in [0.5, 0.6) is 0 Å². The molecule has 138 valence electrons. The Hall–Kier alpha value is -2.53. The zero-order valence-electron chi connectivity index (χ0n) is 15.4. The van der Waals surface area contributed by atoms with Crippen molar-refractivity contribution in [3.05, 3.63) is 82.6 Å². The van der Waals surface area contributed by atoms with Crippen molar-refractivity contribution in [2.24, 2.45) is 5.92 Å². The van der Waals surface area contributed by atoms with Crippen LogP contribution >= 0.6 is 15.9 Å². The second-order valence-electron chi connectivity index (χ2n) is 7.16. The second kappa shape index (κ2) is 7.24. The van der Waals surface area contributed by atoms with Gasteiger partial charge in [-0.25, -0.2) is 4.79 Å². The van der Waals surface area contributed by atoms with Crippen LogP contribution in [0.15, 0.2) is 71.3 Å². The van der Waals surface area contributed by atoms with E-state index < -0.39 is 0 Å². The van der Waals surface area contributed by atoms with Gasteiger partial charge < -0.3 is 14.8 Å². The van der Waals surface area contributed by atoms with Crippen LogP contribution in [0.25, 0.3) is 5.69 Å². The maximum absolute atomic E-state index is 13.3. The Morgan fingerprint density at radius 2 is 1.81 bits per heavy atom. The number of carbonyl (C=O) groups excluding carboxylic acids is 1. The van der Waals surface area contributed by atoms with Gasteiger partial charge in [-0.05, 0) is 57.7 Å². The number of anilines is 1. The first-order valence-electron chi connectivity index (χ1n) is 9.14. The van der Waals surface area contributed by atoms with Crippen LogP contribution in [-0.4, -0.2) is 15.5 Å². The fourth-order valence-electron chi connectivity index (χ4n) is 3.82. The number of halogens is 1. The first-order valence-corrected chi connectivity index (χ1v) is 9.93. The highest BCUT2D eigenvalue weighted by Crippen LogP contribution is 2.37. The number of rotatable bonds is 2. The summed E-state index contributed by atoms with van der Waals surface area (Å²) in [6.45, 7) is 4.89. The van der Waals surface area contributed by atoms with Crippen molar-refractivity contribution < 1.29 is 4.79 Å². The molecule has 0 aliphatic carbocycles. The van der Waals surface area contributed by atoms with Gasteiger partial charge in [0.1, 0.15) is 0 Å². The number of carbonyl (C=O) groups is 1. The summed E-state index contributed by atoms with van der Waals surface area (Å²) >= 11 is 3.52. The van der Waals surface area contributed by atoms with Crippen molar-refractivity contribution in [3.8, 4) is 5.69 Å². The van der Waals surface area contributed by atoms with Gasteiger partial charge in [-0.1, -0.05) is 44.2 Å². The number of benzene rings is 2. The molecule has 4 nitrogen and oxygen atoms in total. The van der Waals surface area contributed by atoms with E-state index in [4.69, 9.17) is 0 Å². The lowest BCUT2D eigenvalue weighted by Gasteiger charge is -2.33. The molecule has 5 heteroatoms. The van der Waals surface area contributed by atoms with Crippen LogP contribution < -0.4 is 5.32 Å². The Balaban J connectivity index is 1.77. The van der Waals surface area contributed by atoms with Gasteiger partial charge in [-0.3, -0.25) is 0 Å². The van der Waals surface area contributed by atoms with E-state index in [1.165, 1.54) is 0 Å². The van der Waals surface area contributed by atoms with E-state index in [1.54, 1.807) is 0 Å². The molecular weight excluding hydrogens is 402 g/mol. The van der Waals surface area contributed by atoms with Crippen LogP contribution in [0, 0.1) is 5.92 Å². The standard InChI is InChI=1S/C22H22BrN3O/c1-15(2)21-20-12-7-13-25(20)19-11-6-3-8-16(19)14-26(21)22(27)24-18-10-5-4-9-17(18)23/h3-13,15,21H,14H2,1-2H3,(H,24,27)/t21-/m1/s1. The Bertz CT molecular complexity index is 979. The Labute approximate surface area is 167 Å². The van der Waals surface area contributed by atoms with Gasteiger partial charge in [0.15, 0.2) is 0 Å². The number of para-hydroxylation sites is 2. The first kappa shape index (κ1) is 17.9. The van der Waals surface area contributed by atoms with Gasteiger partial charge in [0.25, 0.3) is 0 Å². The summed E-state index contributed by atoms with van der Waals surface area (Å²) in [5.41, 5.74) is 4.19. The van der Waals surface area contributed by atoms with Crippen molar-refractivity contribution >= 4 is 27.6 Å². The van der Waals surface area contributed by atoms with Gasteiger partial charge in [-0.15, -0.1) is 0 Å². The minimum Gasteiger partial charge on any atom is -0.318 e. The molecule has 1 aliphatic heterocycles. The van der Waals surface area contributed by atoms with Gasteiger partial charge in [-0.2, -0.15) is 0 Å². The third-order valence-corrected chi connectivity index (χ3v) is 5.71. The smallest absolute Gasteiger partial charge is 0.318 e. The van der Waals surface area contributed by atoms with Crippen molar-refractivity contribution in [3.63, 3.8) is 0 Å². The monoisotopic (exact) mass is 423 g/mol. The summed E-state index contributed by atoms with van der Waals surface area (Å²) in [4.78, 5) is 15.3. The summed E-state index contributed by atoms with van der Waals surface area (Å²) in [5.74, 6) is 0.276. The summed E-state index contributed by atoms with van der Waals surface area (Å²) < 4.78 is 3.09. The number of fused-ring (bicyclic) bond motifs is 3. The fraction of sp³-hybridized carbons (Fsp3) is 0.227. The lowest BCUT2D eigenvalue weighted by atomic mass is 9.99. The lowest BCUT2D eigenvalue weighted by Crippen LogP contribution is -2.39. The number of urea groups is 1. The van der Waals surface area contributed by atoms with E-state index >= 15 is 0 Å². The molecule has 0 spiro atoms. The van der Waals surface area contributed by atoms with E-state index in [2.05, 4.69) is 70.1 Å². The molecule has 0 unspecified atom stereocenters. The van der Waals surface area contributed by atoms with Crippen LogP contribution in [0.4, 0.5) is 10.5 Å². The minimum atomic E-state index is -0.0925. The van der Waals surface area contributed by atoms with E-state index in [-0.39, 0.29) is 18.0 Å². The predicted molar refractivity (Wildman–Crippen MR) is 112 cm³/mol. The molecule has 0 saturated heterocycles. The summed E-state index contributed by atoms with van der Waals surface area (Å²) in [7, 11) is 0. The largest absolute Gasteiger partial charge is 0.322 e. The van der Waals surface area contributed by atoms with Crippen LogP contribution in [-0.2, 0) is 6.54 Å². The van der Waals surface area contributed by atoms with E-state index in [1.807, 2.05) is 41.3 Å². The minimum absolute atomic E-state index is 0.0186. The van der Waals surface area contributed by atoms with Gasteiger partial charge in [0, 0.05) is 16.4 Å². The number of aromatic nitrogens is 1. The molecule has 2 aromatic carbocycles. The van der Waals surface area contributed by atoms with Crippen molar-refractivity contribution in [2.45, 2.75) is 26.4 Å². The van der Waals surface area contributed by atoms with E-state index in [9.17, 15) is 4.79 Å². The first-order chi connectivity index (χ1) is 13.1. The number of hydrogen-bond donors (Lipinski definition) is 1. The van der Waals surface area contributed by atoms with Crippen LogP contribution in [0.3, 0.4) is 0 Å². The average Bonchev–Trinajstić information content (AvgIpc) is 3.07. The molecule has 1 N–H and O–H groups in total. The summed E-state index contributed by atoms with van der Waals surface area (Å²) in [6.07, 6.45) is 2.08. The molecule has 27 heavy (non-hydrogen) atoms. The molecule has 2 amide bonds. The zero-order chi connectivity index (χ0) is 19.0. The summed E-state index contributed by atoms with van der Waals surface area (Å²) in [6, 6.07) is 20.0. The topological polar surface area (TPSA) is 37.3 Å². The van der Waals surface area contributed by atoms with Crippen molar-refractivity contribution in [1.29, 1.82) is 0 Å². The zero-order valence-corrected chi connectivity index (χ0v) is 17.0. The number of nitrogens with zero attached hydrogens (tertiary/aromatic N) is 2. The Morgan fingerprint density at radius 1 is 1.07 bits per heavy atom. The SMILES string of the molecule is CC(C)[C@@H]1c2cccn2-c2ccccc2CN1C(=O)Nc1ccccc1Br. The molecule has 0 radical (unpaired) electrons. The van der Waals surface area contributed by atoms with Gasteiger partial charge in [0.05, 0.1) is 24.0 Å². The molecule has 0 saturated carbocycles. The molecule has 1 aromatic heterocycles. The molecule has 0 fully saturated rings. The second-order valence-corrected chi connectivity index (χ2v) is 8.01. The molecule has 1 aliphatic rings. The Morgan fingerprint density at radius 3 is 2.59 bits per heavy atom. The highest BCUT2D eigenvalue weighted by Gasteiger charge is 2.33. The van der Waals surface area contributed by atoms with E-state index in [0.717, 1.165) is 27.1 Å². The molecule has 2 heterocycles. The lowest BCUT2D eigenvalue weighted by molar-refractivity contribution is 0.162. The molecule has 3 aromatic rings. The van der Waals surface area contributed by atoms with Crippen molar-refractivity contribution in [2.75, 3.05) is 5.32 Å². The fourth-order valence-corrected chi connectivity index (χ4v) is 4.21. The Kier molecular flexibility index (Phi) is 4.79. The molecular formula is C22H22BrN3O. The number of hydrogen-bond acceptors (Lipinski definition) is 1. The number of nitrogens with one attached hydrogen (secondary N) is 1. The highest BCUT2D eigenvalue weighted by atomic mass is 79.9. The highest BCUT2D eigenvalue weighted by molar-refractivity contribution is 9.10. The van der Waals surface area contributed by atoms with Gasteiger partial charge >= 0.3 is 6.03 Å². The third kappa shape index (κ3) is 3.28. The third-order valence-electron chi connectivity index (χ3n) is 5.02. The normalized spacial score (nSPS) is 15.9. The maximum atomic E-state index is 13.3. The van der Waals surface area contributed by atoms with Crippen LogP contribution in [0.2, 0.25) is 0 Å².